The number of nitrogens with zero attached hydrogens (tertiary/aromatic N) is 2. The molecule has 1 unspecified atom stereocenters. The van der Waals surface area contributed by atoms with Crippen LogP contribution >= 0.6 is 0 Å². The van der Waals surface area contributed by atoms with E-state index in [0.29, 0.717) is 6.54 Å². The van der Waals surface area contributed by atoms with E-state index in [2.05, 4.69) is 23.8 Å². The monoisotopic (exact) mass is 157 g/mol. The number of likely N-dealkylation sites (N-methyl/N-ethyl adjacent to an activating group) is 1. The maximum absolute atomic E-state index is 9.00. The Hall–Kier alpha value is -0.120. The minimum absolute atomic E-state index is 0.432. The third-order valence-electron chi connectivity index (χ3n) is 2.06. The van der Waals surface area contributed by atoms with Gasteiger partial charge in [-0.3, -0.25) is 4.90 Å². The lowest BCUT2D eigenvalue weighted by molar-refractivity contribution is 0.101. The first kappa shape index (κ1) is 8.97. The van der Waals surface area contributed by atoms with Crippen LogP contribution in [0.3, 0.4) is 0 Å². The fraction of sp³-hybridized carbons (Fsp3) is 0.875. The molecule has 1 saturated heterocycles. The standard InChI is InChI=1S/C8H17N2O/c1-8(11)7-10-5-3-9(2)4-6-10/h8,11H,1,3-7H2,2H3. The Morgan fingerprint density at radius 3 is 2.36 bits per heavy atom. The smallest absolute Gasteiger partial charge is 0.0668 e. The molecule has 0 aromatic heterocycles. The lowest BCUT2D eigenvalue weighted by atomic mass is 10.3. The minimum Gasteiger partial charge on any atom is -0.392 e. The molecule has 1 heterocycles. The van der Waals surface area contributed by atoms with E-state index in [0.717, 1.165) is 26.2 Å². The second-order valence-electron chi connectivity index (χ2n) is 3.26. The molecule has 0 aromatic carbocycles. The molecule has 0 saturated carbocycles. The highest BCUT2D eigenvalue weighted by Crippen LogP contribution is 1.99. The van der Waals surface area contributed by atoms with Gasteiger partial charge in [-0.25, -0.2) is 0 Å². The molecule has 0 spiro atoms. The molecule has 3 nitrogen and oxygen atoms in total. The first-order valence-electron chi connectivity index (χ1n) is 4.10. The molecule has 1 rings (SSSR count). The van der Waals surface area contributed by atoms with Crippen molar-refractivity contribution in [3.8, 4) is 0 Å². The van der Waals surface area contributed by atoms with Gasteiger partial charge in [0, 0.05) is 32.7 Å². The van der Waals surface area contributed by atoms with Gasteiger partial charge in [0.1, 0.15) is 0 Å². The van der Waals surface area contributed by atoms with Crippen molar-refractivity contribution in [1.29, 1.82) is 0 Å². The van der Waals surface area contributed by atoms with Gasteiger partial charge in [-0.2, -0.15) is 0 Å². The maximum atomic E-state index is 9.00. The Kier molecular flexibility index (Phi) is 3.30. The number of rotatable bonds is 2. The fourth-order valence-electron chi connectivity index (χ4n) is 1.33. The van der Waals surface area contributed by atoms with E-state index in [1.54, 1.807) is 0 Å². The molecule has 1 N–H and O–H groups in total. The molecule has 1 aliphatic rings. The fourth-order valence-corrected chi connectivity index (χ4v) is 1.33. The number of hydrogen-bond acceptors (Lipinski definition) is 3. The molecule has 0 amide bonds. The SMILES string of the molecule is [CH2]C(O)CN1CCN(C)CC1. The minimum atomic E-state index is -0.432. The van der Waals surface area contributed by atoms with Crippen molar-refractivity contribution in [2.75, 3.05) is 39.8 Å². The molecule has 0 aliphatic carbocycles. The first-order valence-corrected chi connectivity index (χ1v) is 4.10. The van der Waals surface area contributed by atoms with Crippen molar-refractivity contribution in [2.45, 2.75) is 6.10 Å². The Morgan fingerprint density at radius 1 is 1.36 bits per heavy atom. The van der Waals surface area contributed by atoms with Crippen molar-refractivity contribution < 1.29 is 5.11 Å². The van der Waals surface area contributed by atoms with Crippen molar-refractivity contribution in [2.24, 2.45) is 0 Å². The summed E-state index contributed by atoms with van der Waals surface area (Å²) in [7, 11) is 2.12. The zero-order valence-electron chi connectivity index (χ0n) is 7.16. The van der Waals surface area contributed by atoms with Crippen LogP contribution in [0.4, 0.5) is 0 Å². The van der Waals surface area contributed by atoms with Crippen LogP contribution in [0.1, 0.15) is 0 Å². The first-order chi connectivity index (χ1) is 5.18. The van der Waals surface area contributed by atoms with Gasteiger partial charge in [0.25, 0.3) is 0 Å². The summed E-state index contributed by atoms with van der Waals surface area (Å²) in [5.41, 5.74) is 0. The maximum Gasteiger partial charge on any atom is 0.0668 e. The molecule has 1 fully saturated rings. The van der Waals surface area contributed by atoms with Crippen LogP contribution in [0.25, 0.3) is 0 Å². The van der Waals surface area contributed by atoms with E-state index in [1.807, 2.05) is 0 Å². The normalized spacial score (nSPS) is 25.4. The molecular weight excluding hydrogens is 140 g/mol. The number of piperazine rings is 1. The largest absolute Gasteiger partial charge is 0.392 e. The van der Waals surface area contributed by atoms with Crippen LogP contribution in [-0.4, -0.2) is 60.8 Å². The van der Waals surface area contributed by atoms with E-state index in [1.165, 1.54) is 0 Å². The highest BCUT2D eigenvalue weighted by atomic mass is 16.3. The Bertz CT molecular complexity index is 109. The van der Waals surface area contributed by atoms with Crippen molar-refractivity contribution in [3.63, 3.8) is 0 Å². The molecular formula is C8H17N2O. The number of hydrogen-bond donors (Lipinski definition) is 1. The molecule has 65 valence electrons. The van der Waals surface area contributed by atoms with Crippen LogP contribution in [0.5, 0.6) is 0 Å². The molecule has 1 atom stereocenters. The highest BCUT2D eigenvalue weighted by Gasteiger charge is 2.14. The summed E-state index contributed by atoms with van der Waals surface area (Å²) in [6.45, 7) is 8.59. The molecule has 3 heteroatoms. The number of β-amino-alcohol motifs (C(OH)–C–C–N with tert-alkyl or cyclic N) is 1. The van der Waals surface area contributed by atoms with Gasteiger partial charge in [0.2, 0.25) is 0 Å². The summed E-state index contributed by atoms with van der Waals surface area (Å²) in [5, 5.41) is 9.00. The molecule has 1 radical (unpaired) electrons. The second-order valence-corrected chi connectivity index (χ2v) is 3.26. The topological polar surface area (TPSA) is 26.7 Å². The zero-order chi connectivity index (χ0) is 8.27. The molecule has 11 heavy (non-hydrogen) atoms. The molecule has 0 bridgehead atoms. The van der Waals surface area contributed by atoms with Gasteiger partial charge in [0.05, 0.1) is 6.10 Å². The average molecular weight is 157 g/mol. The molecule has 1 aliphatic heterocycles. The van der Waals surface area contributed by atoms with Crippen molar-refractivity contribution >= 4 is 0 Å². The summed E-state index contributed by atoms with van der Waals surface area (Å²) in [6, 6.07) is 0. The van der Waals surface area contributed by atoms with E-state index < -0.39 is 6.10 Å². The van der Waals surface area contributed by atoms with Gasteiger partial charge < -0.3 is 10.0 Å². The predicted molar refractivity (Wildman–Crippen MR) is 45.3 cm³/mol. The zero-order valence-corrected chi connectivity index (χ0v) is 7.16. The predicted octanol–water partition coefficient (Wildman–Crippen LogP) is -0.571. The number of aliphatic hydroxyl groups is 1. The summed E-state index contributed by atoms with van der Waals surface area (Å²) >= 11 is 0. The van der Waals surface area contributed by atoms with Crippen LogP contribution in [-0.2, 0) is 0 Å². The second kappa shape index (κ2) is 4.04. The highest BCUT2D eigenvalue weighted by molar-refractivity contribution is 4.72. The van der Waals surface area contributed by atoms with E-state index in [4.69, 9.17) is 5.11 Å². The Morgan fingerprint density at radius 2 is 1.91 bits per heavy atom. The van der Waals surface area contributed by atoms with Gasteiger partial charge >= 0.3 is 0 Å². The van der Waals surface area contributed by atoms with Crippen LogP contribution in [0.2, 0.25) is 0 Å². The lowest BCUT2D eigenvalue weighted by Crippen LogP contribution is -2.46. The number of aliphatic hydroxyl groups excluding tert-OH is 1. The Balaban J connectivity index is 2.17. The van der Waals surface area contributed by atoms with E-state index in [-0.39, 0.29) is 0 Å². The van der Waals surface area contributed by atoms with Crippen LogP contribution in [0.15, 0.2) is 0 Å². The summed E-state index contributed by atoms with van der Waals surface area (Å²) in [6.07, 6.45) is -0.432. The van der Waals surface area contributed by atoms with Gasteiger partial charge in [0.15, 0.2) is 0 Å². The van der Waals surface area contributed by atoms with Gasteiger partial charge in [-0.15, -0.1) is 0 Å². The third-order valence-corrected chi connectivity index (χ3v) is 2.06. The van der Waals surface area contributed by atoms with Crippen LogP contribution < -0.4 is 0 Å². The quantitative estimate of drug-likeness (QED) is 0.581. The third kappa shape index (κ3) is 3.18. The summed E-state index contributed by atoms with van der Waals surface area (Å²) in [5.74, 6) is 0. The molecule has 0 aromatic rings. The van der Waals surface area contributed by atoms with Gasteiger partial charge in [-0.05, 0) is 14.0 Å². The Labute approximate surface area is 68.6 Å². The van der Waals surface area contributed by atoms with E-state index in [9.17, 15) is 0 Å². The van der Waals surface area contributed by atoms with Gasteiger partial charge in [-0.1, -0.05) is 0 Å². The van der Waals surface area contributed by atoms with Crippen molar-refractivity contribution in [1.82, 2.24) is 9.80 Å². The lowest BCUT2D eigenvalue weighted by Gasteiger charge is -2.32. The summed E-state index contributed by atoms with van der Waals surface area (Å²) in [4.78, 5) is 4.55. The van der Waals surface area contributed by atoms with E-state index >= 15 is 0 Å². The summed E-state index contributed by atoms with van der Waals surface area (Å²) < 4.78 is 0. The average Bonchev–Trinajstić information content (AvgIpc) is 1.93. The van der Waals surface area contributed by atoms with Crippen LogP contribution in [0, 0.1) is 6.92 Å². The van der Waals surface area contributed by atoms with Crippen molar-refractivity contribution in [3.05, 3.63) is 6.92 Å².